The van der Waals surface area contributed by atoms with Gasteiger partial charge in [-0.1, -0.05) is 61.0 Å². The van der Waals surface area contributed by atoms with Crippen LogP contribution in [-0.2, 0) is 5.41 Å². The van der Waals surface area contributed by atoms with E-state index < -0.39 is 0 Å². The van der Waals surface area contributed by atoms with E-state index in [4.69, 9.17) is 0 Å². The van der Waals surface area contributed by atoms with Gasteiger partial charge in [-0.25, -0.2) is 0 Å². The second-order valence-corrected chi connectivity index (χ2v) is 6.86. The number of fused-ring (bicyclic) bond motifs is 3. The first-order valence-corrected chi connectivity index (χ1v) is 7.17. The van der Waals surface area contributed by atoms with E-state index in [1.165, 1.54) is 5.56 Å². The average molecular weight is 315 g/mol. The van der Waals surface area contributed by atoms with Crippen LogP contribution in [0.2, 0.25) is 0 Å². The molecule has 0 spiro atoms. The van der Waals surface area contributed by atoms with E-state index in [-0.39, 0.29) is 11.2 Å². The van der Waals surface area contributed by atoms with Gasteiger partial charge in [-0.2, -0.15) is 0 Å². The van der Waals surface area contributed by atoms with Crippen LogP contribution in [-0.4, -0.2) is 5.78 Å². The lowest BCUT2D eigenvalue weighted by atomic mass is 9.85. The fourth-order valence-corrected chi connectivity index (χ4v) is 3.09. The van der Waals surface area contributed by atoms with Crippen LogP contribution in [0.5, 0.6) is 0 Å². The molecule has 0 bridgehead atoms. The van der Waals surface area contributed by atoms with Gasteiger partial charge in [0.15, 0.2) is 5.78 Å². The molecule has 0 amide bonds. The number of hydrogen-bond acceptors (Lipinski definition) is 1. The number of carbonyl (C=O) groups is 1. The third kappa shape index (κ3) is 1.86. The van der Waals surface area contributed by atoms with E-state index in [9.17, 15) is 4.79 Å². The number of halogens is 1. The molecule has 0 saturated heterocycles. The van der Waals surface area contributed by atoms with E-state index in [2.05, 4.69) is 48.8 Å². The summed E-state index contributed by atoms with van der Waals surface area (Å²) in [6.45, 7) is 6.49. The van der Waals surface area contributed by atoms with Gasteiger partial charge in [0.1, 0.15) is 0 Å². The number of carbonyl (C=O) groups excluding carboxylic acids is 1. The maximum atomic E-state index is 12.6. The molecule has 19 heavy (non-hydrogen) atoms. The first kappa shape index (κ1) is 12.6. The molecule has 0 aliphatic heterocycles. The summed E-state index contributed by atoms with van der Waals surface area (Å²) in [5, 5.41) is 0. The SMILES string of the molecule is CC(C)(C)c1ccc2c(c1)C(=O)c1c(Br)cccc1-2. The van der Waals surface area contributed by atoms with Crippen LogP contribution in [0.25, 0.3) is 11.1 Å². The maximum Gasteiger partial charge on any atom is 0.195 e. The summed E-state index contributed by atoms with van der Waals surface area (Å²) < 4.78 is 0.878. The van der Waals surface area contributed by atoms with Crippen LogP contribution in [0.4, 0.5) is 0 Å². The lowest BCUT2D eigenvalue weighted by molar-refractivity contribution is 0.104. The van der Waals surface area contributed by atoms with Crippen molar-refractivity contribution < 1.29 is 4.79 Å². The molecule has 1 aliphatic rings. The second-order valence-electron chi connectivity index (χ2n) is 6.00. The standard InChI is InChI=1S/C17H15BrO/c1-17(2,3)10-7-8-11-12-5-4-6-14(18)15(12)16(19)13(11)9-10/h4-9H,1-3H3. The molecule has 0 N–H and O–H groups in total. The van der Waals surface area contributed by atoms with Crippen molar-refractivity contribution in [3.05, 3.63) is 57.6 Å². The highest BCUT2D eigenvalue weighted by molar-refractivity contribution is 9.10. The van der Waals surface area contributed by atoms with Crippen LogP contribution in [0.1, 0.15) is 42.3 Å². The van der Waals surface area contributed by atoms with Crippen molar-refractivity contribution in [2.75, 3.05) is 0 Å². The fourth-order valence-electron chi connectivity index (χ4n) is 2.55. The zero-order chi connectivity index (χ0) is 13.8. The molecule has 0 radical (unpaired) electrons. The second kappa shape index (κ2) is 4.04. The summed E-state index contributed by atoms with van der Waals surface area (Å²) in [7, 11) is 0. The summed E-state index contributed by atoms with van der Waals surface area (Å²) in [6.07, 6.45) is 0. The smallest absolute Gasteiger partial charge is 0.195 e. The van der Waals surface area contributed by atoms with Gasteiger partial charge in [0, 0.05) is 15.6 Å². The van der Waals surface area contributed by atoms with Crippen molar-refractivity contribution in [1.82, 2.24) is 0 Å². The molecule has 1 nitrogen and oxygen atoms in total. The van der Waals surface area contributed by atoms with Crippen LogP contribution in [0, 0.1) is 0 Å². The molecular weight excluding hydrogens is 300 g/mol. The highest BCUT2D eigenvalue weighted by Gasteiger charge is 2.29. The Hall–Kier alpha value is -1.41. The van der Waals surface area contributed by atoms with Gasteiger partial charge in [-0.15, -0.1) is 0 Å². The molecule has 2 aromatic carbocycles. The summed E-state index contributed by atoms with van der Waals surface area (Å²) in [5.74, 6) is 0.128. The minimum Gasteiger partial charge on any atom is -0.289 e. The Bertz CT molecular complexity index is 693. The van der Waals surface area contributed by atoms with Crippen molar-refractivity contribution >= 4 is 21.7 Å². The molecule has 2 heteroatoms. The van der Waals surface area contributed by atoms with Gasteiger partial charge >= 0.3 is 0 Å². The van der Waals surface area contributed by atoms with Gasteiger partial charge in [0.2, 0.25) is 0 Å². The Morgan fingerprint density at radius 3 is 2.37 bits per heavy atom. The lowest BCUT2D eigenvalue weighted by Crippen LogP contribution is -2.11. The molecular formula is C17H15BrO. The molecule has 2 aromatic rings. The summed E-state index contributed by atoms with van der Waals surface area (Å²) >= 11 is 3.48. The summed E-state index contributed by atoms with van der Waals surface area (Å²) in [4.78, 5) is 12.6. The number of rotatable bonds is 0. The zero-order valence-electron chi connectivity index (χ0n) is 11.3. The van der Waals surface area contributed by atoms with E-state index in [0.717, 1.165) is 26.7 Å². The van der Waals surface area contributed by atoms with Crippen molar-refractivity contribution in [1.29, 1.82) is 0 Å². The molecule has 0 saturated carbocycles. The van der Waals surface area contributed by atoms with E-state index in [1.807, 2.05) is 24.3 Å². The molecule has 0 atom stereocenters. The molecule has 96 valence electrons. The van der Waals surface area contributed by atoms with Gasteiger partial charge in [-0.05, 0) is 34.2 Å². The van der Waals surface area contributed by atoms with Crippen molar-refractivity contribution in [3.8, 4) is 11.1 Å². The Kier molecular flexibility index (Phi) is 2.68. The normalized spacial score (nSPS) is 13.4. The van der Waals surface area contributed by atoms with Crippen LogP contribution >= 0.6 is 15.9 Å². The van der Waals surface area contributed by atoms with Gasteiger partial charge in [-0.3, -0.25) is 4.79 Å². The molecule has 0 unspecified atom stereocenters. The Labute approximate surface area is 121 Å². The number of benzene rings is 2. The molecule has 1 aliphatic carbocycles. The van der Waals surface area contributed by atoms with Crippen LogP contribution in [0.15, 0.2) is 40.9 Å². The Morgan fingerprint density at radius 1 is 0.947 bits per heavy atom. The van der Waals surface area contributed by atoms with Crippen LogP contribution in [0.3, 0.4) is 0 Å². The third-order valence-corrected chi connectivity index (χ3v) is 4.32. The molecule has 3 rings (SSSR count). The lowest BCUT2D eigenvalue weighted by Gasteiger charge is -2.19. The Balaban J connectivity index is 2.25. The van der Waals surface area contributed by atoms with E-state index in [1.54, 1.807) is 0 Å². The maximum absolute atomic E-state index is 12.6. The van der Waals surface area contributed by atoms with Crippen LogP contribution < -0.4 is 0 Å². The topological polar surface area (TPSA) is 17.1 Å². The average Bonchev–Trinajstić information content (AvgIpc) is 2.63. The molecule has 0 fully saturated rings. The quantitative estimate of drug-likeness (QED) is 0.573. The van der Waals surface area contributed by atoms with Gasteiger partial charge in [0.25, 0.3) is 0 Å². The van der Waals surface area contributed by atoms with Crippen molar-refractivity contribution in [3.63, 3.8) is 0 Å². The van der Waals surface area contributed by atoms with Gasteiger partial charge in [0.05, 0.1) is 0 Å². The fraction of sp³-hybridized carbons (Fsp3) is 0.235. The minimum atomic E-state index is 0.0569. The van der Waals surface area contributed by atoms with Crippen molar-refractivity contribution in [2.24, 2.45) is 0 Å². The third-order valence-electron chi connectivity index (χ3n) is 3.66. The number of hydrogen-bond donors (Lipinski definition) is 0. The van der Waals surface area contributed by atoms with Crippen molar-refractivity contribution in [2.45, 2.75) is 26.2 Å². The van der Waals surface area contributed by atoms with Gasteiger partial charge < -0.3 is 0 Å². The molecule has 0 heterocycles. The summed E-state index contributed by atoms with van der Waals surface area (Å²) in [6, 6.07) is 12.2. The predicted octanol–water partition coefficient (Wildman–Crippen LogP) is 4.96. The largest absolute Gasteiger partial charge is 0.289 e. The highest BCUT2D eigenvalue weighted by atomic mass is 79.9. The minimum absolute atomic E-state index is 0.0569. The monoisotopic (exact) mass is 314 g/mol. The van der Waals surface area contributed by atoms with E-state index in [0.29, 0.717) is 0 Å². The first-order valence-electron chi connectivity index (χ1n) is 6.38. The van der Waals surface area contributed by atoms with E-state index >= 15 is 0 Å². The summed E-state index contributed by atoms with van der Waals surface area (Å²) in [5.41, 5.74) is 4.96. The predicted molar refractivity (Wildman–Crippen MR) is 81.7 cm³/mol. The molecule has 0 aromatic heterocycles. The Morgan fingerprint density at radius 2 is 1.68 bits per heavy atom. The zero-order valence-corrected chi connectivity index (χ0v) is 12.8. The highest BCUT2D eigenvalue weighted by Crippen LogP contribution is 2.41. The number of ketones is 1. The first-order chi connectivity index (χ1) is 8.89.